The summed E-state index contributed by atoms with van der Waals surface area (Å²) in [6, 6.07) is 10.5. The van der Waals surface area contributed by atoms with Crippen LogP contribution in [0.15, 0.2) is 30.3 Å². The topological polar surface area (TPSA) is 46.2 Å². The molecule has 0 aliphatic carbocycles. The molecule has 0 unspecified atom stereocenters. The van der Waals surface area contributed by atoms with Crippen molar-refractivity contribution < 1.29 is 23.7 Å². The zero-order valence-electron chi connectivity index (χ0n) is 21.6. The first-order chi connectivity index (χ1) is 16.5. The Kier molecular flexibility index (Phi) is 9.84. The zero-order chi connectivity index (χ0) is 23.8. The van der Waals surface area contributed by atoms with Crippen LogP contribution >= 0.6 is 0 Å². The Labute approximate surface area is 206 Å². The third kappa shape index (κ3) is 7.51. The van der Waals surface area contributed by atoms with Crippen molar-refractivity contribution >= 4 is 0 Å². The number of ether oxygens (including phenoxy) is 5. The Bertz CT molecular complexity index is 692. The van der Waals surface area contributed by atoms with Crippen molar-refractivity contribution in [3.63, 3.8) is 0 Å². The van der Waals surface area contributed by atoms with Gasteiger partial charge in [0.15, 0.2) is 12.1 Å². The fourth-order valence-electron chi connectivity index (χ4n) is 5.64. The standard InChI is InChI=1S/C29H46O5/c1-4-5-6-7-8-9-10-14-17-23(30-21-22-15-12-11-13-16-22)24-18-19-25(31-24)26-20-27-28(32-26)34-29(2,3)33-27/h11-13,15-16,23-28H,4-10,14,17-21H2,1-3H3/t23-,24-,25-,26-,27-,28-/m1/s1. The molecule has 0 N–H and O–H groups in total. The molecule has 0 saturated carbocycles. The summed E-state index contributed by atoms with van der Waals surface area (Å²) in [6.45, 7) is 6.82. The Hall–Kier alpha value is -0.980. The maximum atomic E-state index is 6.57. The Morgan fingerprint density at radius 1 is 0.853 bits per heavy atom. The highest BCUT2D eigenvalue weighted by atomic mass is 16.8. The van der Waals surface area contributed by atoms with Crippen LogP contribution < -0.4 is 0 Å². The van der Waals surface area contributed by atoms with Crippen molar-refractivity contribution in [1.82, 2.24) is 0 Å². The summed E-state index contributed by atoms with van der Waals surface area (Å²) in [5.41, 5.74) is 1.22. The molecule has 34 heavy (non-hydrogen) atoms. The van der Waals surface area contributed by atoms with Crippen molar-refractivity contribution in [1.29, 1.82) is 0 Å². The van der Waals surface area contributed by atoms with Crippen molar-refractivity contribution in [2.24, 2.45) is 0 Å². The van der Waals surface area contributed by atoms with Gasteiger partial charge in [0.05, 0.1) is 31.0 Å². The van der Waals surface area contributed by atoms with Gasteiger partial charge in [-0.3, -0.25) is 0 Å². The fourth-order valence-corrected chi connectivity index (χ4v) is 5.64. The van der Waals surface area contributed by atoms with E-state index in [9.17, 15) is 0 Å². The summed E-state index contributed by atoms with van der Waals surface area (Å²) < 4.78 is 31.2. The molecule has 3 aliphatic rings. The molecule has 0 amide bonds. The highest BCUT2D eigenvalue weighted by Crippen LogP contribution is 2.41. The summed E-state index contributed by atoms with van der Waals surface area (Å²) in [5, 5.41) is 0. The summed E-state index contributed by atoms with van der Waals surface area (Å²) >= 11 is 0. The highest BCUT2D eigenvalue weighted by molar-refractivity contribution is 5.13. The van der Waals surface area contributed by atoms with E-state index >= 15 is 0 Å². The monoisotopic (exact) mass is 474 g/mol. The van der Waals surface area contributed by atoms with Gasteiger partial charge in [0.25, 0.3) is 0 Å². The lowest BCUT2D eigenvalue weighted by Gasteiger charge is -2.27. The molecule has 4 rings (SSSR count). The lowest BCUT2D eigenvalue weighted by molar-refractivity contribution is -0.217. The molecule has 3 saturated heterocycles. The molecule has 1 aromatic rings. The van der Waals surface area contributed by atoms with Crippen molar-refractivity contribution in [2.75, 3.05) is 0 Å². The van der Waals surface area contributed by atoms with Gasteiger partial charge in [-0.1, -0.05) is 88.6 Å². The largest absolute Gasteiger partial charge is 0.371 e. The summed E-state index contributed by atoms with van der Waals surface area (Å²) in [7, 11) is 0. The normalized spacial score (nSPS) is 31.1. The molecule has 3 heterocycles. The van der Waals surface area contributed by atoms with E-state index in [0.717, 1.165) is 25.7 Å². The second kappa shape index (κ2) is 12.8. The SMILES string of the molecule is CCCCCCCCCC[C@@H](OCc1ccccc1)[C@H]1CC[C@H]([C@H]2C[C@H]3OC(C)(C)O[C@H]3O2)O1. The minimum absolute atomic E-state index is 0.0186. The molecule has 0 aromatic heterocycles. The van der Waals surface area contributed by atoms with Crippen LogP contribution in [0.1, 0.15) is 103 Å². The number of hydrogen-bond acceptors (Lipinski definition) is 5. The molecule has 1 aromatic carbocycles. The van der Waals surface area contributed by atoms with Gasteiger partial charge >= 0.3 is 0 Å². The molecule has 5 nitrogen and oxygen atoms in total. The molecule has 3 aliphatic heterocycles. The minimum atomic E-state index is -0.550. The second-order valence-corrected chi connectivity index (χ2v) is 10.8. The maximum absolute atomic E-state index is 6.57. The van der Waals surface area contributed by atoms with E-state index < -0.39 is 5.79 Å². The first-order valence-corrected chi connectivity index (χ1v) is 13.9. The smallest absolute Gasteiger partial charge is 0.187 e. The third-order valence-corrected chi connectivity index (χ3v) is 7.48. The minimum Gasteiger partial charge on any atom is -0.371 e. The van der Waals surface area contributed by atoms with Crippen LogP contribution in [0.4, 0.5) is 0 Å². The maximum Gasteiger partial charge on any atom is 0.187 e. The van der Waals surface area contributed by atoms with Crippen LogP contribution in [-0.4, -0.2) is 42.6 Å². The number of fused-ring (bicyclic) bond motifs is 1. The molecule has 0 radical (unpaired) electrons. The summed E-state index contributed by atoms with van der Waals surface area (Å²) in [6.07, 6.45) is 14.8. The van der Waals surface area contributed by atoms with Gasteiger partial charge in [0.1, 0.15) is 6.10 Å². The van der Waals surface area contributed by atoms with E-state index in [0.29, 0.717) is 6.61 Å². The van der Waals surface area contributed by atoms with Crippen LogP contribution in [0.5, 0.6) is 0 Å². The predicted octanol–water partition coefficient (Wildman–Crippen LogP) is 6.92. The predicted molar refractivity (Wildman–Crippen MR) is 133 cm³/mol. The lowest BCUT2D eigenvalue weighted by Crippen LogP contribution is -2.34. The van der Waals surface area contributed by atoms with Gasteiger partial charge in [0, 0.05) is 6.42 Å². The zero-order valence-corrected chi connectivity index (χ0v) is 21.6. The van der Waals surface area contributed by atoms with Crippen molar-refractivity contribution in [2.45, 2.75) is 147 Å². The van der Waals surface area contributed by atoms with E-state index in [2.05, 4.69) is 37.3 Å². The summed E-state index contributed by atoms with van der Waals surface area (Å²) in [4.78, 5) is 0. The van der Waals surface area contributed by atoms with E-state index in [1.54, 1.807) is 0 Å². The Morgan fingerprint density at radius 3 is 2.32 bits per heavy atom. The van der Waals surface area contributed by atoms with Crippen LogP contribution in [0.2, 0.25) is 0 Å². The summed E-state index contributed by atoms with van der Waals surface area (Å²) in [5.74, 6) is -0.550. The Morgan fingerprint density at radius 2 is 1.59 bits per heavy atom. The average Bonchev–Trinajstić information content (AvgIpc) is 3.51. The van der Waals surface area contributed by atoms with Gasteiger partial charge in [-0.25, -0.2) is 0 Å². The van der Waals surface area contributed by atoms with Crippen LogP contribution in [0, 0.1) is 0 Å². The van der Waals surface area contributed by atoms with E-state index in [1.165, 1.54) is 56.9 Å². The molecular formula is C29H46O5. The first-order valence-electron chi connectivity index (χ1n) is 13.9. The highest BCUT2D eigenvalue weighted by Gasteiger charge is 2.51. The van der Waals surface area contributed by atoms with Crippen molar-refractivity contribution in [3.8, 4) is 0 Å². The van der Waals surface area contributed by atoms with E-state index in [4.69, 9.17) is 23.7 Å². The molecule has 3 fully saturated rings. The molecule has 192 valence electrons. The number of rotatable bonds is 14. The van der Waals surface area contributed by atoms with Crippen LogP contribution in [-0.2, 0) is 30.3 Å². The van der Waals surface area contributed by atoms with E-state index in [-0.39, 0.29) is 36.8 Å². The Balaban J connectivity index is 1.24. The van der Waals surface area contributed by atoms with Crippen molar-refractivity contribution in [3.05, 3.63) is 35.9 Å². The quantitative estimate of drug-likeness (QED) is 0.274. The number of benzene rings is 1. The molecule has 5 heteroatoms. The van der Waals surface area contributed by atoms with Gasteiger partial charge in [-0.2, -0.15) is 0 Å². The second-order valence-electron chi connectivity index (χ2n) is 10.8. The molecule has 6 atom stereocenters. The fraction of sp³-hybridized carbons (Fsp3) is 0.793. The van der Waals surface area contributed by atoms with Crippen LogP contribution in [0.3, 0.4) is 0 Å². The molecular weight excluding hydrogens is 428 g/mol. The molecule has 0 spiro atoms. The average molecular weight is 475 g/mol. The van der Waals surface area contributed by atoms with E-state index in [1.807, 2.05) is 13.8 Å². The first kappa shape index (κ1) is 26.1. The van der Waals surface area contributed by atoms with Gasteiger partial charge in [0.2, 0.25) is 0 Å². The van der Waals surface area contributed by atoms with Gasteiger partial charge in [-0.15, -0.1) is 0 Å². The van der Waals surface area contributed by atoms with Gasteiger partial charge < -0.3 is 23.7 Å². The lowest BCUT2D eigenvalue weighted by atomic mass is 10.0. The third-order valence-electron chi connectivity index (χ3n) is 7.48. The van der Waals surface area contributed by atoms with Crippen LogP contribution in [0.25, 0.3) is 0 Å². The molecule has 0 bridgehead atoms. The number of hydrogen-bond donors (Lipinski definition) is 0. The number of unbranched alkanes of at least 4 members (excludes halogenated alkanes) is 7. The van der Waals surface area contributed by atoms with Gasteiger partial charge in [-0.05, 0) is 38.7 Å².